The van der Waals surface area contributed by atoms with E-state index in [0.29, 0.717) is 0 Å². The highest BCUT2D eigenvalue weighted by molar-refractivity contribution is 7.47. The molecule has 33 heavy (non-hydrogen) atoms. The molecule has 3 unspecified atom stereocenters. The van der Waals surface area contributed by atoms with Crippen LogP contribution >= 0.6 is 23.5 Å². The average Bonchev–Trinajstić information content (AvgIpc) is 2.61. The van der Waals surface area contributed by atoms with Crippen LogP contribution in [0.5, 0.6) is 0 Å². The molecule has 0 saturated heterocycles. The zero-order valence-electron chi connectivity index (χ0n) is 15.9. The molecule has 1 fully saturated rings. The molecule has 0 bridgehead atoms. The van der Waals surface area contributed by atoms with Crippen LogP contribution in [-0.4, -0.2) is 105 Å². The SMILES string of the molecule is O=C(O)C[C@H](COP(=O)(O)OC1[C@H](O)[C@H](OP(=O)(O)O)C(O)[C@H](OP(=O)(O)O)[C@H]1O)C(=O)O. The largest absolute Gasteiger partial charge is 0.481 e. The number of hydrogen-bond donors (Lipinski definition) is 10. The maximum Gasteiger partial charge on any atom is 0.472 e. The molecule has 0 aliphatic heterocycles. The molecule has 1 aliphatic rings. The second kappa shape index (κ2) is 11.3. The number of carbonyl (C=O) groups is 2. The van der Waals surface area contributed by atoms with Crippen molar-refractivity contribution in [2.75, 3.05) is 6.61 Å². The molecule has 0 aromatic heterocycles. The summed E-state index contributed by atoms with van der Waals surface area (Å²) in [5.74, 6) is -5.21. The summed E-state index contributed by atoms with van der Waals surface area (Å²) in [4.78, 5) is 67.1. The number of phosphoric acid groups is 3. The van der Waals surface area contributed by atoms with Crippen LogP contribution in [0, 0.1) is 5.92 Å². The van der Waals surface area contributed by atoms with Gasteiger partial charge in [0.05, 0.1) is 18.9 Å². The molecule has 19 nitrogen and oxygen atoms in total. The van der Waals surface area contributed by atoms with E-state index in [1.807, 2.05) is 0 Å². The Labute approximate surface area is 183 Å². The minimum atomic E-state index is -5.52. The van der Waals surface area contributed by atoms with Gasteiger partial charge in [0.1, 0.15) is 36.6 Å². The summed E-state index contributed by atoms with van der Waals surface area (Å²) < 4.78 is 51.3. The topological polar surface area (TPSA) is 325 Å². The summed E-state index contributed by atoms with van der Waals surface area (Å²) in [5, 5.41) is 47.9. The normalized spacial score (nSPS) is 31.5. The summed E-state index contributed by atoms with van der Waals surface area (Å²) in [6.07, 6.45) is -16.2. The summed E-state index contributed by atoms with van der Waals surface area (Å²) in [6, 6.07) is 0. The standard InChI is InChI=1S/C11H21O19P3/c12-4(13)1-3(11(17)18)2-27-33(25,26)30-10-6(15)8(28-31(19,20)21)5(14)9(7(10)16)29-32(22,23)24/h3,5-10,14-16H,1-2H2,(H,12,13)(H,17,18)(H,25,26)(H2,19,20,21)(H2,22,23,24)/t3-,5?,6-,7-,8-,9+,10?/m1/s1. The second-order valence-corrected chi connectivity index (χ2v) is 10.4. The summed E-state index contributed by atoms with van der Waals surface area (Å²) in [7, 11) is -16.6. The number of phosphoric ester groups is 3. The van der Waals surface area contributed by atoms with Gasteiger partial charge in [-0.3, -0.25) is 27.7 Å². The number of aliphatic hydroxyl groups is 3. The van der Waals surface area contributed by atoms with Crippen molar-refractivity contribution in [1.29, 1.82) is 0 Å². The lowest BCUT2D eigenvalue weighted by molar-refractivity contribution is -0.212. The fourth-order valence-electron chi connectivity index (χ4n) is 2.65. The quantitative estimate of drug-likeness (QED) is 0.106. The number of aliphatic hydroxyl groups excluding tert-OH is 3. The van der Waals surface area contributed by atoms with Crippen molar-refractivity contribution in [2.45, 2.75) is 43.0 Å². The van der Waals surface area contributed by atoms with Crippen molar-refractivity contribution in [3.63, 3.8) is 0 Å². The molecule has 22 heteroatoms. The van der Waals surface area contributed by atoms with Crippen LogP contribution in [-0.2, 0) is 41.4 Å². The van der Waals surface area contributed by atoms with Gasteiger partial charge in [0.2, 0.25) is 0 Å². The number of carboxylic acid groups (broad SMARTS) is 2. The zero-order chi connectivity index (χ0) is 25.9. The van der Waals surface area contributed by atoms with Crippen LogP contribution in [0.1, 0.15) is 6.42 Å². The van der Waals surface area contributed by atoms with Gasteiger partial charge in [-0.2, -0.15) is 0 Å². The van der Waals surface area contributed by atoms with Crippen LogP contribution in [0.4, 0.5) is 0 Å². The third-order valence-electron chi connectivity index (χ3n) is 4.00. The van der Waals surface area contributed by atoms with Crippen LogP contribution in [0.3, 0.4) is 0 Å². The Morgan fingerprint density at radius 1 is 0.727 bits per heavy atom. The molecule has 8 atom stereocenters. The second-order valence-electron chi connectivity index (χ2n) is 6.56. The van der Waals surface area contributed by atoms with E-state index in [1.165, 1.54) is 0 Å². The first kappa shape index (κ1) is 30.2. The van der Waals surface area contributed by atoms with Crippen molar-refractivity contribution >= 4 is 35.4 Å². The Hall–Kier alpha value is -0.850. The van der Waals surface area contributed by atoms with E-state index >= 15 is 0 Å². The van der Waals surface area contributed by atoms with E-state index in [2.05, 4.69) is 18.1 Å². The molecule has 0 aromatic carbocycles. The summed E-state index contributed by atoms with van der Waals surface area (Å²) >= 11 is 0. The lowest BCUT2D eigenvalue weighted by Crippen LogP contribution is -2.65. The number of aliphatic carboxylic acids is 2. The van der Waals surface area contributed by atoms with Crippen molar-refractivity contribution in [2.24, 2.45) is 5.92 Å². The Balaban J connectivity index is 3.16. The number of hydrogen-bond acceptors (Lipinski definition) is 12. The minimum Gasteiger partial charge on any atom is -0.481 e. The summed E-state index contributed by atoms with van der Waals surface area (Å²) in [6.45, 7) is -1.23. The van der Waals surface area contributed by atoms with Gasteiger partial charge in [0.25, 0.3) is 0 Å². The highest BCUT2D eigenvalue weighted by Gasteiger charge is 2.56. The van der Waals surface area contributed by atoms with E-state index in [1.54, 1.807) is 0 Å². The maximum absolute atomic E-state index is 12.1. The fourth-order valence-corrected chi connectivity index (χ4v) is 4.77. The monoisotopic (exact) mass is 550 g/mol. The Bertz CT molecular complexity index is 810. The van der Waals surface area contributed by atoms with Gasteiger partial charge < -0.3 is 50.0 Å². The fraction of sp³-hybridized carbons (Fsp3) is 0.818. The minimum absolute atomic E-state index is 1.05. The summed E-state index contributed by atoms with van der Waals surface area (Å²) in [5.41, 5.74) is 0. The zero-order valence-corrected chi connectivity index (χ0v) is 18.6. The van der Waals surface area contributed by atoms with Crippen molar-refractivity contribution < 1.29 is 91.4 Å². The molecular weight excluding hydrogens is 529 g/mol. The molecular formula is C11H21O19P3. The van der Waals surface area contributed by atoms with Gasteiger partial charge in [0, 0.05) is 0 Å². The van der Waals surface area contributed by atoms with Crippen LogP contribution in [0.15, 0.2) is 0 Å². The van der Waals surface area contributed by atoms with Gasteiger partial charge >= 0.3 is 35.4 Å². The van der Waals surface area contributed by atoms with Gasteiger partial charge in [-0.1, -0.05) is 0 Å². The highest BCUT2D eigenvalue weighted by atomic mass is 31.2. The molecule has 1 aliphatic carbocycles. The number of carboxylic acids is 2. The Morgan fingerprint density at radius 2 is 1.09 bits per heavy atom. The van der Waals surface area contributed by atoms with Crippen LogP contribution < -0.4 is 0 Å². The molecule has 1 rings (SSSR count). The molecule has 0 radical (unpaired) electrons. The molecule has 10 N–H and O–H groups in total. The van der Waals surface area contributed by atoms with Crippen molar-refractivity contribution in [3.8, 4) is 0 Å². The van der Waals surface area contributed by atoms with Crippen LogP contribution in [0.2, 0.25) is 0 Å². The van der Waals surface area contributed by atoms with Crippen LogP contribution in [0.25, 0.3) is 0 Å². The Kier molecular flexibility index (Phi) is 10.3. The average molecular weight is 550 g/mol. The first-order valence-corrected chi connectivity index (χ1v) is 12.9. The Morgan fingerprint density at radius 3 is 1.39 bits per heavy atom. The molecule has 0 spiro atoms. The van der Waals surface area contributed by atoms with Crippen molar-refractivity contribution in [3.05, 3.63) is 0 Å². The van der Waals surface area contributed by atoms with E-state index in [0.717, 1.165) is 0 Å². The first-order valence-electron chi connectivity index (χ1n) is 8.36. The third kappa shape index (κ3) is 9.73. The first-order chi connectivity index (χ1) is 14.7. The van der Waals surface area contributed by atoms with E-state index in [4.69, 9.17) is 29.8 Å². The van der Waals surface area contributed by atoms with Gasteiger partial charge in [0.15, 0.2) is 0 Å². The van der Waals surface area contributed by atoms with Gasteiger partial charge in [-0.15, -0.1) is 0 Å². The van der Waals surface area contributed by atoms with E-state index in [-0.39, 0.29) is 0 Å². The van der Waals surface area contributed by atoms with Crippen molar-refractivity contribution in [1.82, 2.24) is 0 Å². The maximum atomic E-state index is 12.1. The molecule has 0 aromatic rings. The van der Waals surface area contributed by atoms with E-state index in [9.17, 15) is 43.5 Å². The smallest absolute Gasteiger partial charge is 0.472 e. The predicted molar refractivity (Wildman–Crippen MR) is 95.9 cm³/mol. The van der Waals surface area contributed by atoms with E-state index < -0.39 is 91.0 Å². The molecule has 1 saturated carbocycles. The molecule has 0 amide bonds. The number of rotatable bonds is 12. The lowest BCUT2D eigenvalue weighted by Gasteiger charge is -2.44. The lowest BCUT2D eigenvalue weighted by atomic mass is 9.85. The third-order valence-corrected chi connectivity index (χ3v) is 6.02. The highest BCUT2D eigenvalue weighted by Crippen LogP contribution is 2.51. The predicted octanol–water partition coefficient (Wildman–Crippen LogP) is -3.28. The van der Waals surface area contributed by atoms with Gasteiger partial charge in [-0.05, 0) is 0 Å². The molecule has 0 heterocycles. The van der Waals surface area contributed by atoms with Gasteiger partial charge in [-0.25, -0.2) is 13.7 Å². The molecule has 194 valence electrons.